The summed E-state index contributed by atoms with van der Waals surface area (Å²) in [6.07, 6.45) is 0.939. The Morgan fingerprint density at radius 2 is 1.87 bits per heavy atom. The van der Waals surface area contributed by atoms with E-state index in [2.05, 4.69) is 19.9 Å². The van der Waals surface area contributed by atoms with Crippen LogP contribution in [-0.4, -0.2) is 6.29 Å². The molecule has 0 amide bonds. The fraction of sp³-hybridized carbons (Fsp3) is 0.214. The van der Waals surface area contributed by atoms with Crippen LogP contribution in [0, 0.1) is 0 Å². The molecule has 0 bridgehead atoms. The van der Waals surface area contributed by atoms with Gasteiger partial charge in [-0.25, -0.2) is 0 Å². The van der Waals surface area contributed by atoms with Crippen molar-refractivity contribution in [2.24, 2.45) is 0 Å². The van der Waals surface area contributed by atoms with E-state index in [9.17, 15) is 4.79 Å². The van der Waals surface area contributed by atoms with E-state index >= 15 is 0 Å². The molecule has 0 radical (unpaired) electrons. The second-order valence-electron chi connectivity index (χ2n) is 4.10. The summed E-state index contributed by atoms with van der Waals surface area (Å²) in [5, 5.41) is 2.18. The van der Waals surface area contributed by atoms with E-state index in [-0.39, 0.29) is 0 Å². The normalized spacial score (nSPS) is 10.9. The molecule has 76 valence electrons. The summed E-state index contributed by atoms with van der Waals surface area (Å²) >= 11 is 0. The first-order chi connectivity index (χ1) is 7.22. The second kappa shape index (κ2) is 3.85. The second-order valence-corrected chi connectivity index (χ2v) is 4.10. The SMILES string of the molecule is CC(C)c1cc(C=O)c2ccccc2c1. The number of carbonyl (C=O) groups is 1. The zero-order valence-electron chi connectivity index (χ0n) is 9.03. The molecule has 0 saturated carbocycles. The summed E-state index contributed by atoms with van der Waals surface area (Å²) < 4.78 is 0. The summed E-state index contributed by atoms with van der Waals surface area (Å²) in [6, 6.07) is 12.1. The predicted molar refractivity (Wildman–Crippen MR) is 63.4 cm³/mol. The lowest BCUT2D eigenvalue weighted by molar-refractivity contribution is 0.112. The van der Waals surface area contributed by atoms with Crippen LogP contribution in [0.4, 0.5) is 0 Å². The molecule has 0 spiro atoms. The number of fused-ring (bicyclic) bond motifs is 1. The van der Waals surface area contributed by atoms with Gasteiger partial charge in [0, 0.05) is 5.56 Å². The van der Waals surface area contributed by atoms with E-state index in [1.54, 1.807) is 0 Å². The average molecular weight is 198 g/mol. The molecule has 0 fully saturated rings. The lowest BCUT2D eigenvalue weighted by Crippen LogP contribution is -1.91. The first-order valence-electron chi connectivity index (χ1n) is 5.20. The largest absolute Gasteiger partial charge is 0.298 e. The number of carbonyl (C=O) groups excluding carboxylic acids is 1. The van der Waals surface area contributed by atoms with Crippen LogP contribution in [0.5, 0.6) is 0 Å². The van der Waals surface area contributed by atoms with Crippen molar-refractivity contribution in [1.29, 1.82) is 0 Å². The van der Waals surface area contributed by atoms with Gasteiger partial charge in [-0.3, -0.25) is 4.79 Å². The Labute approximate surface area is 89.7 Å². The number of rotatable bonds is 2. The zero-order valence-corrected chi connectivity index (χ0v) is 9.03. The molecule has 1 nitrogen and oxygen atoms in total. The van der Waals surface area contributed by atoms with E-state index in [0.717, 1.165) is 22.6 Å². The Bertz CT molecular complexity index is 498. The lowest BCUT2D eigenvalue weighted by Gasteiger charge is -2.09. The minimum atomic E-state index is 0.452. The highest BCUT2D eigenvalue weighted by Gasteiger charge is 2.05. The maximum Gasteiger partial charge on any atom is 0.150 e. The van der Waals surface area contributed by atoms with Crippen molar-refractivity contribution in [3.8, 4) is 0 Å². The maximum atomic E-state index is 11.0. The summed E-state index contributed by atoms with van der Waals surface area (Å²) in [5.74, 6) is 0.452. The Balaban J connectivity index is 2.77. The van der Waals surface area contributed by atoms with Crippen LogP contribution in [-0.2, 0) is 0 Å². The molecule has 0 heterocycles. The van der Waals surface area contributed by atoms with Gasteiger partial charge in [0.05, 0.1) is 0 Å². The van der Waals surface area contributed by atoms with Gasteiger partial charge >= 0.3 is 0 Å². The first kappa shape index (κ1) is 9.91. The van der Waals surface area contributed by atoms with E-state index in [1.807, 2.05) is 30.3 Å². The van der Waals surface area contributed by atoms with Crippen LogP contribution < -0.4 is 0 Å². The van der Waals surface area contributed by atoms with Crippen molar-refractivity contribution < 1.29 is 4.79 Å². The molecule has 2 aromatic rings. The third kappa shape index (κ3) is 1.78. The van der Waals surface area contributed by atoms with Gasteiger partial charge in [-0.1, -0.05) is 44.2 Å². The van der Waals surface area contributed by atoms with Gasteiger partial charge in [0.2, 0.25) is 0 Å². The van der Waals surface area contributed by atoms with Gasteiger partial charge in [0.25, 0.3) is 0 Å². The topological polar surface area (TPSA) is 17.1 Å². The fourth-order valence-corrected chi connectivity index (χ4v) is 1.80. The molecule has 0 atom stereocenters. The van der Waals surface area contributed by atoms with Crippen molar-refractivity contribution in [3.63, 3.8) is 0 Å². The van der Waals surface area contributed by atoms with Crippen molar-refractivity contribution in [2.45, 2.75) is 19.8 Å². The zero-order chi connectivity index (χ0) is 10.8. The smallest absolute Gasteiger partial charge is 0.150 e. The van der Waals surface area contributed by atoms with Gasteiger partial charge in [-0.15, -0.1) is 0 Å². The van der Waals surface area contributed by atoms with E-state index < -0.39 is 0 Å². The van der Waals surface area contributed by atoms with Crippen molar-refractivity contribution in [1.82, 2.24) is 0 Å². The van der Waals surface area contributed by atoms with Gasteiger partial charge < -0.3 is 0 Å². The maximum absolute atomic E-state index is 11.0. The van der Waals surface area contributed by atoms with E-state index in [0.29, 0.717) is 5.92 Å². The third-order valence-corrected chi connectivity index (χ3v) is 2.71. The van der Waals surface area contributed by atoms with E-state index in [1.165, 1.54) is 5.56 Å². The predicted octanol–water partition coefficient (Wildman–Crippen LogP) is 3.78. The van der Waals surface area contributed by atoms with Crippen molar-refractivity contribution in [2.75, 3.05) is 0 Å². The van der Waals surface area contributed by atoms with Crippen LogP contribution in [0.15, 0.2) is 36.4 Å². The highest BCUT2D eigenvalue weighted by atomic mass is 16.1. The Morgan fingerprint density at radius 1 is 1.13 bits per heavy atom. The molecular weight excluding hydrogens is 184 g/mol. The molecule has 0 aliphatic carbocycles. The lowest BCUT2D eigenvalue weighted by atomic mass is 9.96. The van der Waals surface area contributed by atoms with Gasteiger partial charge in [-0.05, 0) is 28.3 Å². The summed E-state index contributed by atoms with van der Waals surface area (Å²) in [6.45, 7) is 4.28. The molecule has 15 heavy (non-hydrogen) atoms. The standard InChI is InChI=1S/C14H14O/c1-10(2)12-7-11-5-3-4-6-14(11)13(8-12)9-15/h3-10H,1-2H3. The minimum absolute atomic E-state index is 0.452. The molecule has 0 saturated heterocycles. The molecule has 0 aromatic heterocycles. The van der Waals surface area contributed by atoms with Gasteiger partial charge in [0.15, 0.2) is 6.29 Å². The minimum Gasteiger partial charge on any atom is -0.298 e. The Morgan fingerprint density at radius 3 is 2.53 bits per heavy atom. The molecular formula is C14H14O. The molecule has 1 heteroatoms. The molecule has 2 rings (SSSR count). The quantitative estimate of drug-likeness (QED) is 0.671. The summed E-state index contributed by atoms with van der Waals surface area (Å²) in [7, 11) is 0. The molecule has 0 unspecified atom stereocenters. The number of hydrogen-bond donors (Lipinski definition) is 0. The van der Waals surface area contributed by atoms with Crippen molar-refractivity contribution in [3.05, 3.63) is 47.5 Å². The molecule has 0 aliphatic heterocycles. The monoisotopic (exact) mass is 198 g/mol. The Hall–Kier alpha value is -1.63. The first-order valence-corrected chi connectivity index (χ1v) is 5.20. The summed E-state index contributed by atoms with van der Waals surface area (Å²) in [5.41, 5.74) is 2.01. The van der Waals surface area contributed by atoms with Crippen LogP contribution >= 0.6 is 0 Å². The fourth-order valence-electron chi connectivity index (χ4n) is 1.80. The molecule has 2 aromatic carbocycles. The van der Waals surface area contributed by atoms with Crippen LogP contribution in [0.1, 0.15) is 35.7 Å². The molecule has 0 N–H and O–H groups in total. The van der Waals surface area contributed by atoms with Crippen LogP contribution in [0.25, 0.3) is 10.8 Å². The number of benzene rings is 2. The van der Waals surface area contributed by atoms with Crippen LogP contribution in [0.3, 0.4) is 0 Å². The number of aldehydes is 1. The highest BCUT2D eigenvalue weighted by molar-refractivity contribution is 5.98. The van der Waals surface area contributed by atoms with Gasteiger partial charge in [-0.2, -0.15) is 0 Å². The van der Waals surface area contributed by atoms with Gasteiger partial charge in [0.1, 0.15) is 0 Å². The van der Waals surface area contributed by atoms with E-state index in [4.69, 9.17) is 0 Å². The van der Waals surface area contributed by atoms with Crippen LogP contribution in [0.2, 0.25) is 0 Å². The number of hydrogen-bond acceptors (Lipinski definition) is 1. The third-order valence-electron chi connectivity index (χ3n) is 2.71. The average Bonchev–Trinajstić information content (AvgIpc) is 2.27. The molecule has 0 aliphatic rings. The Kier molecular flexibility index (Phi) is 2.55. The summed E-state index contributed by atoms with van der Waals surface area (Å²) in [4.78, 5) is 11.0. The van der Waals surface area contributed by atoms with Crippen molar-refractivity contribution >= 4 is 17.1 Å². The highest BCUT2D eigenvalue weighted by Crippen LogP contribution is 2.24.